The first-order valence-corrected chi connectivity index (χ1v) is 4.37. The standard InChI is InChI=1S/C8H11NO4.ClH/c10-6-5-3-1-2-4-8(5,12)7(11)9(6)13;/h5,12-13H,1-4H2;1H. The van der Waals surface area contributed by atoms with Gasteiger partial charge in [0.25, 0.3) is 11.8 Å². The van der Waals surface area contributed by atoms with Gasteiger partial charge in [-0.25, -0.2) is 0 Å². The second-order valence-corrected chi connectivity index (χ2v) is 3.68. The summed E-state index contributed by atoms with van der Waals surface area (Å²) in [5.41, 5.74) is -1.62. The molecule has 2 fully saturated rings. The number of carbonyl (C=O) groups is 2. The molecule has 1 heterocycles. The summed E-state index contributed by atoms with van der Waals surface area (Å²) in [5.74, 6) is -2.24. The smallest absolute Gasteiger partial charge is 0.286 e. The molecule has 2 atom stereocenters. The predicted molar refractivity (Wildman–Crippen MR) is 47.8 cm³/mol. The van der Waals surface area contributed by atoms with Crippen molar-refractivity contribution in [1.82, 2.24) is 5.06 Å². The quantitative estimate of drug-likeness (QED) is 0.449. The van der Waals surface area contributed by atoms with Crippen LogP contribution in [0.2, 0.25) is 0 Å². The van der Waals surface area contributed by atoms with Crippen LogP contribution in [0.3, 0.4) is 0 Å². The third-order valence-electron chi connectivity index (χ3n) is 2.95. The van der Waals surface area contributed by atoms with Crippen molar-refractivity contribution in [3.05, 3.63) is 0 Å². The Morgan fingerprint density at radius 2 is 2.00 bits per heavy atom. The van der Waals surface area contributed by atoms with E-state index in [1.54, 1.807) is 0 Å². The Labute approximate surface area is 87.1 Å². The van der Waals surface area contributed by atoms with Crippen LogP contribution in [0.1, 0.15) is 25.7 Å². The number of hydrogen-bond donors (Lipinski definition) is 2. The summed E-state index contributed by atoms with van der Waals surface area (Å²) >= 11 is 0. The number of hydrogen-bond acceptors (Lipinski definition) is 4. The zero-order chi connectivity index (χ0) is 9.64. The van der Waals surface area contributed by atoms with E-state index in [9.17, 15) is 14.7 Å². The molecular formula is C8H12ClNO4. The number of halogens is 1. The van der Waals surface area contributed by atoms with Crippen LogP contribution in [-0.4, -0.2) is 32.8 Å². The van der Waals surface area contributed by atoms with E-state index in [0.29, 0.717) is 6.42 Å². The van der Waals surface area contributed by atoms with Crippen molar-refractivity contribution in [3.8, 4) is 0 Å². The van der Waals surface area contributed by atoms with E-state index >= 15 is 0 Å². The van der Waals surface area contributed by atoms with Crippen molar-refractivity contribution in [2.24, 2.45) is 5.92 Å². The highest BCUT2D eigenvalue weighted by Gasteiger charge is 2.59. The zero-order valence-electron chi connectivity index (χ0n) is 7.47. The largest absolute Gasteiger partial charge is 0.379 e. The Morgan fingerprint density at radius 3 is 2.57 bits per heavy atom. The number of rotatable bonds is 0. The number of aliphatic hydroxyl groups is 1. The summed E-state index contributed by atoms with van der Waals surface area (Å²) in [6, 6.07) is 0. The van der Waals surface area contributed by atoms with E-state index in [1.807, 2.05) is 0 Å². The lowest BCUT2D eigenvalue weighted by Gasteiger charge is -2.29. The van der Waals surface area contributed by atoms with Crippen LogP contribution in [0.5, 0.6) is 0 Å². The van der Waals surface area contributed by atoms with E-state index in [2.05, 4.69) is 0 Å². The second kappa shape index (κ2) is 3.49. The van der Waals surface area contributed by atoms with E-state index in [4.69, 9.17) is 5.21 Å². The molecule has 0 bridgehead atoms. The van der Waals surface area contributed by atoms with Gasteiger partial charge < -0.3 is 5.11 Å². The number of amides is 2. The number of imide groups is 1. The molecule has 0 spiro atoms. The molecule has 1 aliphatic carbocycles. The maximum atomic E-state index is 11.3. The van der Waals surface area contributed by atoms with Gasteiger partial charge in [-0.1, -0.05) is 6.42 Å². The third kappa shape index (κ3) is 1.24. The summed E-state index contributed by atoms with van der Waals surface area (Å²) < 4.78 is 0. The minimum Gasteiger partial charge on any atom is -0.379 e. The minimum absolute atomic E-state index is 0. The van der Waals surface area contributed by atoms with Crippen molar-refractivity contribution in [1.29, 1.82) is 0 Å². The molecule has 1 saturated heterocycles. The highest BCUT2D eigenvalue weighted by molar-refractivity contribution is 6.07. The average Bonchev–Trinajstić information content (AvgIpc) is 2.29. The Bertz CT molecular complexity index is 283. The number of nitrogens with zero attached hydrogens (tertiary/aromatic N) is 1. The fourth-order valence-corrected chi connectivity index (χ4v) is 2.17. The summed E-state index contributed by atoms with van der Waals surface area (Å²) in [7, 11) is 0. The van der Waals surface area contributed by atoms with E-state index in [0.717, 1.165) is 12.8 Å². The van der Waals surface area contributed by atoms with Crippen LogP contribution in [0.4, 0.5) is 0 Å². The van der Waals surface area contributed by atoms with Gasteiger partial charge in [-0.3, -0.25) is 14.8 Å². The molecule has 2 aliphatic rings. The van der Waals surface area contributed by atoms with Crippen LogP contribution in [0, 0.1) is 5.92 Å². The molecule has 2 unspecified atom stereocenters. The number of fused-ring (bicyclic) bond motifs is 1. The van der Waals surface area contributed by atoms with Crippen molar-refractivity contribution >= 4 is 24.2 Å². The molecular weight excluding hydrogens is 210 g/mol. The van der Waals surface area contributed by atoms with Crippen LogP contribution in [-0.2, 0) is 9.59 Å². The monoisotopic (exact) mass is 221 g/mol. The normalized spacial score (nSPS) is 36.7. The summed E-state index contributed by atoms with van der Waals surface area (Å²) in [5, 5.41) is 19.0. The van der Waals surface area contributed by atoms with Crippen LogP contribution in [0.15, 0.2) is 0 Å². The van der Waals surface area contributed by atoms with Gasteiger partial charge in [0.1, 0.15) is 0 Å². The molecule has 14 heavy (non-hydrogen) atoms. The highest BCUT2D eigenvalue weighted by atomic mass is 35.5. The lowest BCUT2D eigenvalue weighted by molar-refractivity contribution is -0.177. The van der Waals surface area contributed by atoms with E-state index < -0.39 is 23.3 Å². The fraction of sp³-hybridized carbons (Fsp3) is 0.750. The first-order valence-electron chi connectivity index (χ1n) is 4.37. The van der Waals surface area contributed by atoms with Gasteiger partial charge in [0, 0.05) is 0 Å². The lowest BCUT2D eigenvalue weighted by Crippen LogP contribution is -2.44. The molecule has 2 N–H and O–H groups in total. The Morgan fingerprint density at radius 1 is 1.36 bits per heavy atom. The SMILES string of the molecule is Cl.O=C1C2CCCCC2(O)C(=O)N1O. The molecule has 0 aromatic rings. The van der Waals surface area contributed by atoms with Crippen molar-refractivity contribution in [3.63, 3.8) is 0 Å². The van der Waals surface area contributed by atoms with Crippen LogP contribution < -0.4 is 0 Å². The Balaban J connectivity index is 0.000000980. The summed E-state index contributed by atoms with van der Waals surface area (Å²) in [6.45, 7) is 0. The Kier molecular flexibility index (Phi) is 2.85. The van der Waals surface area contributed by atoms with Crippen molar-refractivity contribution in [2.75, 3.05) is 0 Å². The molecule has 0 aromatic heterocycles. The van der Waals surface area contributed by atoms with Crippen LogP contribution in [0.25, 0.3) is 0 Å². The lowest BCUT2D eigenvalue weighted by atomic mass is 9.77. The maximum Gasteiger partial charge on any atom is 0.286 e. The minimum atomic E-state index is -1.62. The van der Waals surface area contributed by atoms with Crippen molar-refractivity contribution in [2.45, 2.75) is 31.3 Å². The van der Waals surface area contributed by atoms with E-state index in [1.165, 1.54) is 0 Å². The van der Waals surface area contributed by atoms with Crippen molar-refractivity contribution < 1.29 is 19.9 Å². The first-order chi connectivity index (χ1) is 6.07. The average molecular weight is 222 g/mol. The highest BCUT2D eigenvalue weighted by Crippen LogP contribution is 2.40. The molecule has 0 radical (unpaired) electrons. The molecule has 5 nitrogen and oxygen atoms in total. The van der Waals surface area contributed by atoms with E-state index in [-0.39, 0.29) is 23.9 Å². The Hall–Kier alpha value is -0.650. The molecule has 1 saturated carbocycles. The van der Waals surface area contributed by atoms with Gasteiger partial charge in [0.2, 0.25) is 0 Å². The molecule has 6 heteroatoms. The molecule has 2 rings (SSSR count). The third-order valence-corrected chi connectivity index (χ3v) is 2.95. The maximum absolute atomic E-state index is 11.3. The number of hydroxylamine groups is 2. The predicted octanol–water partition coefficient (Wildman–Crippen LogP) is 0.0875. The molecule has 80 valence electrons. The van der Waals surface area contributed by atoms with Gasteiger partial charge in [0.05, 0.1) is 5.92 Å². The van der Waals surface area contributed by atoms with Gasteiger partial charge in [-0.2, -0.15) is 5.06 Å². The van der Waals surface area contributed by atoms with Gasteiger partial charge in [-0.05, 0) is 19.3 Å². The topological polar surface area (TPSA) is 77.8 Å². The van der Waals surface area contributed by atoms with Crippen LogP contribution >= 0.6 is 12.4 Å². The fourth-order valence-electron chi connectivity index (χ4n) is 2.17. The summed E-state index contributed by atoms with van der Waals surface area (Å²) in [6.07, 6.45) is 2.30. The molecule has 2 amide bonds. The van der Waals surface area contributed by atoms with Gasteiger partial charge in [0.15, 0.2) is 5.60 Å². The van der Waals surface area contributed by atoms with Gasteiger partial charge in [-0.15, -0.1) is 12.4 Å². The molecule has 1 aliphatic heterocycles. The second-order valence-electron chi connectivity index (χ2n) is 3.68. The van der Waals surface area contributed by atoms with Gasteiger partial charge >= 0.3 is 0 Å². The zero-order valence-corrected chi connectivity index (χ0v) is 8.29. The number of carbonyl (C=O) groups excluding carboxylic acids is 2. The summed E-state index contributed by atoms with van der Waals surface area (Å²) in [4.78, 5) is 22.5. The molecule has 0 aromatic carbocycles. The first kappa shape index (κ1) is 11.4.